The second-order valence-electron chi connectivity index (χ2n) is 2.84. The van der Waals surface area contributed by atoms with Crippen molar-refractivity contribution in [1.29, 1.82) is 0 Å². The molecule has 6 heteroatoms. The Hall–Kier alpha value is -1.69. The number of ether oxygens (including phenoxy) is 1. The van der Waals surface area contributed by atoms with Crippen molar-refractivity contribution in [3.63, 3.8) is 0 Å². The van der Waals surface area contributed by atoms with Gasteiger partial charge in [-0.1, -0.05) is 0 Å². The summed E-state index contributed by atoms with van der Waals surface area (Å²) in [6, 6.07) is 1.02. The van der Waals surface area contributed by atoms with Gasteiger partial charge in [-0.3, -0.25) is 10.1 Å². The minimum atomic E-state index is -0.516. The zero-order chi connectivity index (χ0) is 10.7. The van der Waals surface area contributed by atoms with Gasteiger partial charge in [0.1, 0.15) is 6.20 Å². The molecule has 1 heterocycles. The number of pyridine rings is 1. The Balaban J connectivity index is 3.20. The van der Waals surface area contributed by atoms with Gasteiger partial charge in [-0.05, 0) is 6.92 Å². The van der Waals surface area contributed by atoms with Gasteiger partial charge < -0.3 is 10.5 Å². The molecule has 0 fully saturated rings. The van der Waals surface area contributed by atoms with E-state index in [0.717, 1.165) is 6.20 Å². The summed E-state index contributed by atoms with van der Waals surface area (Å²) in [4.78, 5) is 13.7. The van der Waals surface area contributed by atoms with Crippen molar-refractivity contribution < 1.29 is 9.66 Å². The highest BCUT2D eigenvalue weighted by molar-refractivity contribution is 5.39. The fraction of sp³-hybridized carbons (Fsp3) is 0.375. The smallest absolute Gasteiger partial charge is 0.288 e. The number of hydrogen-bond acceptors (Lipinski definition) is 5. The van der Waals surface area contributed by atoms with E-state index in [1.165, 1.54) is 13.2 Å². The molecule has 0 bridgehead atoms. The highest BCUT2D eigenvalue weighted by Gasteiger charge is 2.15. The second-order valence-corrected chi connectivity index (χ2v) is 2.84. The Morgan fingerprint density at radius 1 is 1.71 bits per heavy atom. The lowest BCUT2D eigenvalue weighted by atomic mass is 10.1. The molecule has 1 unspecified atom stereocenters. The first-order valence-corrected chi connectivity index (χ1v) is 4.00. The molecule has 0 spiro atoms. The summed E-state index contributed by atoms with van der Waals surface area (Å²) in [6.07, 6.45) is 1.14. The monoisotopic (exact) mass is 197 g/mol. The second kappa shape index (κ2) is 4.01. The quantitative estimate of drug-likeness (QED) is 0.576. The minimum Gasteiger partial charge on any atom is -0.481 e. The minimum absolute atomic E-state index is 0.0851. The van der Waals surface area contributed by atoms with Gasteiger partial charge in [0.2, 0.25) is 5.88 Å². The van der Waals surface area contributed by atoms with Crippen LogP contribution in [0.5, 0.6) is 5.88 Å². The summed E-state index contributed by atoms with van der Waals surface area (Å²) in [7, 11) is 1.44. The molecule has 76 valence electrons. The van der Waals surface area contributed by atoms with Gasteiger partial charge >= 0.3 is 0 Å². The van der Waals surface area contributed by atoms with E-state index in [9.17, 15) is 10.1 Å². The summed E-state index contributed by atoms with van der Waals surface area (Å²) >= 11 is 0. The summed E-state index contributed by atoms with van der Waals surface area (Å²) in [5.74, 6) is 0.325. The molecule has 14 heavy (non-hydrogen) atoms. The fourth-order valence-corrected chi connectivity index (χ4v) is 1.05. The van der Waals surface area contributed by atoms with Gasteiger partial charge in [0.25, 0.3) is 5.69 Å². The SMILES string of the molecule is COc1ncc([N+](=O)[O-])cc1C(C)N. The lowest BCUT2D eigenvalue weighted by molar-refractivity contribution is -0.385. The molecule has 1 aromatic rings. The van der Waals surface area contributed by atoms with Crippen LogP contribution in [0, 0.1) is 10.1 Å². The van der Waals surface area contributed by atoms with Crippen LogP contribution in [-0.4, -0.2) is 17.0 Å². The Bertz CT molecular complexity index is 352. The Kier molecular flexibility index (Phi) is 2.98. The number of aromatic nitrogens is 1. The number of methoxy groups -OCH3 is 1. The molecule has 0 aliphatic heterocycles. The van der Waals surface area contributed by atoms with Crippen LogP contribution in [0.2, 0.25) is 0 Å². The fourth-order valence-electron chi connectivity index (χ4n) is 1.05. The van der Waals surface area contributed by atoms with E-state index in [4.69, 9.17) is 10.5 Å². The van der Waals surface area contributed by atoms with Crippen LogP contribution < -0.4 is 10.5 Å². The predicted octanol–water partition coefficient (Wildman–Crippen LogP) is 1.02. The van der Waals surface area contributed by atoms with Crippen molar-refractivity contribution in [2.75, 3.05) is 7.11 Å². The number of nitrogens with zero attached hydrogens (tertiary/aromatic N) is 2. The molecule has 2 N–H and O–H groups in total. The van der Waals surface area contributed by atoms with Crippen LogP contribution in [0.4, 0.5) is 5.69 Å². The molecule has 1 rings (SSSR count). The number of hydrogen-bond donors (Lipinski definition) is 1. The first-order chi connectivity index (χ1) is 6.56. The predicted molar refractivity (Wildman–Crippen MR) is 50.0 cm³/mol. The van der Waals surface area contributed by atoms with Crippen LogP contribution in [0.3, 0.4) is 0 Å². The molecule has 0 aromatic carbocycles. The first-order valence-electron chi connectivity index (χ1n) is 4.00. The highest BCUT2D eigenvalue weighted by Crippen LogP contribution is 2.24. The van der Waals surface area contributed by atoms with Gasteiger partial charge in [0.15, 0.2) is 0 Å². The van der Waals surface area contributed by atoms with E-state index in [0.29, 0.717) is 11.4 Å². The topological polar surface area (TPSA) is 91.3 Å². The first kappa shape index (κ1) is 10.4. The van der Waals surface area contributed by atoms with Crippen molar-refractivity contribution in [3.05, 3.63) is 27.9 Å². The maximum Gasteiger partial charge on any atom is 0.288 e. The molecular weight excluding hydrogens is 186 g/mol. The molecule has 0 saturated carbocycles. The van der Waals surface area contributed by atoms with E-state index in [1.807, 2.05) is 0 Å². The van der Waals surface area contributed by atoms with Crippen molar-refractivity contribution in [3.8, 4) is 5.88 Å². The molecule has 1 atom stereocenters. The maximum absolute atomic E-state index is 10.5. The van der Waals surface area contributed by atoms with Gasteiger partial charge in [-0.25, -0.2) is 4.98 Å². The van der Waals surface area contributed by atoms with E-state index in [-0.39, 0.29) is 11.7 Å². The van der Waals surface area contributed by atoms with Crippen LogP contribution >= 0.6 is 0 Å². The Morgan fingerprint density at radius 2 is 2.36 bits per heavy atom. The van der Waals surface area contributed by atoms with E-state index in [1.54, 1.807) is 6.92 Å². The van der Waals surface area contributed by atoms with Crippen LogP contribution in [0.25, 0.3) is 0 Å². The van der Waals surface area contributed by atoms with E-state index >= 15 is 0 Å². The van der Waals surface area contributed by atoms with E-state index in [2.05, 4.69) is 4.98 Å². The Morgan fingerprint density at radius 3 is 2.79 bits per heavy atom. The summed E-state index contributed by atoms with van der Waals surface area (Å²) in [5.41, 5.74) is 6.06. The van der Waals surface area contributed by atoms with Gasteiger partial charge in [0, 0.05) is 17.7 Å². The van der Waals surface area contributed by atoms with Crippen molar-refractivity contribution in [2.45, 2.75) is 13.0 Å². The molecular formula is C8H11N3O3. The zero-order valence-corrected chi connectivity index (χ0v) is 7.93. The zero-order valence-electron chi connectivity index (χ0n) is 7.93. The van der Waals surface area contributed by atoms with Crippen LogP contribution in [-0.2, 0) is 0 Å². The largest absolute Gasteiger partial charge is 0.481 e. The molecule has 0 radical (unpaired) electrons. The van der Waals surface area contributed by atoms with Crippen molar-refractivity contribution >= 4 is 5.69 Å². The summed E-state index contributed by atoms with van der Waals surface area (Å²) in [6.45, 7) is 1.71. The van der Waals surface area contributed by atoms with Gasteiger partial charge in [-0.2, -0.15) is 0 Å². The van der Waals surface area contributed by atoms with Gasteiger partial charge in [0.05, 0.1) is 12.0 Å². The number of nitro groups is 1. The highest BCUT2D eigenvalue weighted by atomic mass is 16.6. The lowest BCUT2D eigenvalue weighted by Crippen LogP contribution is -2.08. The molecule has 0 aliphatic carbocycles. The maximum atomic E-state index is 10.5. The van der Waals surface area contributed by atoms with Crippen LogP contribution in [0.15, 0.2) is 12.3 Å². The molecule has 0 aliphatic rings. The van der Waals surface area contributed by atoms with Gasteiger partial charge in [-0.15, -0.1) is 0 Å². The third-order valence-electron chi connectivity index (χ3n) is 1.76. The summed E-state index contributed by atoms with van der Waals surface area (Å²) in [5, 5.41) is 10.5. The van der Waals surface area contributed by atoms with Crippen molar-refractivity contribution in [1.82, 2.24) is 4.98 Å². The average Bonchev–Trinajstić information content (AvgIpc) is 2.16. The number of nitrogens with two attached hydrogens (primary N) is 1. The van der Waals surface area contributed by atoms with Crippen LogP contribution in [0.1, 0.15) is 18.5 Å². The Labute approximate surface area is 80.9 Å². The molecule has 0 saturated heterocycles. The standard InChI is InChI=1S/C8H11N3O3/c1-5(9)7-3-6(11(12)13)4-10-8(7)14-2/h3-5H,9H2,1-2H3. The average molecular weight is 197 g/mol. The van der Waals surface area contributed by atoms with Crippen molar-refractivity contribution in [2.24, 2.45) is 5.73 Å². The normalized spacial score (nSPS) is 12.2. The molecule has 1 aromatic heterocycles. The molecule has 0 amide bonds. The summed E-state index contributed by atoms with van der Waals surface area (Å²) < 4.78 is 4.93. The molecule has 6 nitrogen and oxygen atoms in total. The lowest BCUT2D eigenvalue weighted by Gasteiger charge is -2.09. The third kappa shape index (κ3) is 1.97. The van der Waals surface area contributed by atoms with E-state index < -0.39 is 4.92 Å². The number of rotatable bonds is 3. The third-order valence-corrected chi connectivity index (χ3v) is 1.76.